The topological polar surface area (TPSA) is 89.1 Å². The summed E-state index contributed by atoms with van der Waals surface area (Å²) in [5.74, 6) is 1.46. The number of anilines is 1. The number of methoxy groups -OCH3 is 2. The number of nitrogens with zero attached hydrogens (tertiary/aromatic N) is 2. The molecule has 0 radical (unpaired) electrons. The molecule has 0 aliphatic heterocycles. The molecule has 1 aromatic carbocycles. The Morgan fingerprint density at radius 1 is 1.21 bits per heavy atom. The minimum Gasteiger partial charge on any atom is -0.496 e. The van der Waals surface area contributed by atoms with Gasteiger partial charge in [0.25, 0.3) is 5.91 Å². The van der Waals surface area contributed by atoms with Gasteiger partial charge in [-0.1, -0.05) is 26.8 Å². The van der Waals surface area contributed by atoms with Crippen molar-refractivity contribution in [3.05, 3.63) is 29.6 Å². The Morgan fingerprint density at radius 2 is 1.79 bits per heavy atom. The molecular formula is C17H24N4O3. The van der Waals surface area contributed by atoms with Gasteiger partial charge in [0.2, 0.25) is 5.95 Å². The predicted octanol–water partition coefficient (Wildman–Crippen LogP) is 3.15. The maximum absolute atomic E-state index is 12.6. The Bertz CT molecular complexity index is 685. The average Bonchev–Trinajstić information content (AvgIpc) is 3.09. The number of carbonyl (C=O) groups is 1. The lowest BCUT2D eigenvalue weighted by atomic mass is 9.84. The molecule has 0 aliphatic rings. The van der Waals surface area contributed by atoms with Gasteiger partial charge >= 0.3 is 0 Å². The zero-order valence-electron chi connectivity index (χ0n) is 14.8. The summed E-state index contributed by atoms with van der Waals surface area (Å²) in [6.07, 6.45) is 1.85. The van der Waals surface area contributed by atoms with Gasteiger partial charge in [0.1, 0.15) is 22.9 Å². The summed E-state index contributed by atoms with van der Waals surface area (Å²) in [6.45, 7) is 6.32. The predicted molar refractivity (Wildman–Crippen MR) is 91.8 cm³/mol. The minimum absolute atomic E-state index is 0.0991. The molecule has 1 amide bonds. The van der Waals surface area contributed by atoms with Crippen LogP contribution in [0.1, 0.15) is 49.8 Å². The van der Waals surface area contributed by atoms with Crippen LogP contribution in [0.5, 0.6) is 11.5 Å². The van der Waals surface area contributed by atoms with Crippen molar-refractivity contribution in [1.29, 1.82) is 0 Å². The van der Waals surface area contributed by atoms with E-state index in [0.29, 0.717) is 17.1 Å². The number of hydrogen-bond donors (Lipinski definition) is 2. The zero-order valence-corrected chi connectivity index (χ0v) is 14.8. The number of nitrogens with one attached hydrogen (secondary N) is 2. The Morgan fingerprint density at radius 3 is 2.29 bits per heavy atom. The molecule has 7 heteroatoms. The molecule has 0 bridgehead atoms. The summed E-state index contributed by atoms with van der Waals surface area (Å²) in [5, 5.41) is 9.72. The molecular weight excluding hydrogens is 308 g/mol. The highest BCUT2D eigenvalue weighted by Gasteiger charge is 2.27. The van der Waals surface area contributed by atoms with Crippen LogP contribution in [-0.2, 0) is 5.41 Å². The van der Waals surface area contributed by atoms with E-state index in [0.717, 1.165) is 18.7 Å². The first-order valence-corrected chi connectivity index (χ1v) is 7.94. The second-order valence-corrected chi connectivity index (χ2v) is 5.77. The van der Waals surface area contributed by atoms with Crippen molar-refractivity contribution < 1.29 is 14.3 Å². The van der Waals surface area contributed by atoms with E-state index in [1.54, 1.807) is 18.2 Å². The van der Waals surface area contributed by atoms with E-state index in [-0.39, 0.29) is 17.3 Å². The average molecular weight is 332 g/mol. The van der Waals surface area contributed by atoms with E-state index in [1.807, 2.05) is 0 Å². The zero-order chi connectivity index (χ0) is 17.7. The molecule has 24 heavy (non-hydrogen) atoms. The van der Waals surface area contributed by atoms with E-state index in [9.17, 15) is 4.79 Å². The molecule has 0 saturated carbocycles. The molecule has 7 nitrogen and oxygen atoms in total. The van der Waals surface area contributed by atoms with Gasteiger partial charge in [-0.25, -0.2) is 0 Å². The Hall–Kier alpha value is -2.57. The highest BCUT2D eigenvalue weighted by molar-refractivity contribution is 6.07. The van der Waals surface area contributed by atoms with Gasteiger partial charge in [-0.2, -0.15) is 4.98 Å². The van der Waals surface area contributed by atoms with Crippen LogP contribution in [0, 0.1) is 0 Å². The Kier molecular flexibility index (Phi) is 5.43. The normalized spacial score (nSPS) is 11.2. The van der Waals surface area contributed by atoms with Gasteiger partial charge in [0, 0.05) is 5.41 Å². The van der Waals surface area contributed by atoms with Crippen LogP contribution in [-0.4, -0.2) is 35.3 Å². The summed E-state index contributed by atoms with van der Waals surface area (Å²) >= 11 is 0. The largest absolute Gasteiger partial charge is 0.496 e. The second kappa shape index (κ2) is 7.33. The van der Waals surface area contributed by atoms with Crippen molar-refractivity contribution in [2.45, 2.75) is 39.0 Å². The standard InChI is InChI=1S/C17H24N4O3/c1-6-17(3,7-2)15-19-16(21-20-15)18-14(22)13-11(23-4)9-8-10-12(13)24-5/h8-10H,6-7H2,1-5H3,(H2,18,19,20,21,22). The molecule has 2 aromatic rings. The van der Waals surface area contributed by atoms with Crippen LogP contribution in [0.15, 0.2) is 18.2 Å². The highest BCUT2D eigenvalue weighted by atomic mass is 16.5. The van der Waals surface area contributed by atoms with Crippen molar-refractivity contribution in [2.24, 2.45) is 0 Å². The Balaban J connectivity index is 2.27. The van der Waals surface area contributed by atoms with Gasteiger partial charge in [-0.15, -0.1) is 5.10 Å². The van der Waals surface area contributed by atoms with E-state index in [1.165, 1.54) is 14.2 Å². The van der Waals surface area contributed by atoms with Crippen molar-refractivity contribution in [3.8, 4) is 11.5 Å². The number of aromatic amines is 1. The number of hydrogen-bond acceptors (Lipinski definition) is 5. The number of ether oxygens (including phenoxy) is 2. The first-order valence-electron chi connectivity index (χ1n) is 7.94. The minimum atomic E-state index is -0.385. The lowest BCUT2D eigenvalue weighted by Gasteiger charge is -2.22. The van der Waals surface area contributed by atoms with Crippen LogP contribution < -0.4 is 14.8 Å². The maximum Gasteiger partial charge on any atom is 0.265 e. The molecule has 0 spiro atoms. The number of amides is 1. The van der Waals surface area contributed by atoms with Crippen molar-refractivity contribution in [1.82, 2.24) is 15.2 Å². The summed E-state index contributed by atoms with van der Waals surface area (Å²) in [7, 11) is 3.01. The molecule has 1 heterocycles. The van der Waals surface area contributed by atoms with Crippen LogP contribution >= 0.6 is 0 Å². The van der Waals surface area contributed by atoms with Crippen molar-refractivity contribution in [2.75, 3.05) is 19.5 Å². The summed E-state index contributed by atoms with van der Waals surface area (Å²) in [5.41, 5.74) is 0.209. The third kappa shape index (κ3) is 3.34. The number of H-pyrrole nitrogens is 1. The van der Waals surface area contributed by atoms with Gasteiger partial charge in [-0.3, -0.25) is 15.2 Å². The van der Waals surface area contributed by atoms with Crippen molar-refractivity contribution in [3.63, 3.8) is 0 Å². The van der Waals surface area contributed by atoms with Crippen molar-refractivity contribution >= 4 is 11.9 Å². The van der Waals surface area contributed by atoms with Gasteiger partial charge in [-0.05, 0) is 25.0 Å². The molecule has 2 rings (SSSR count). The number of benzene rings is 1. The monoisotopic (exact) mass is 332 g/mol. The van der Waals surface area contributed by atoms with E-state index in [4.69, 9.17) is 9.47 Å². The molecule has 0 saturated heterocycles. The SMILES string of the molecule is CCC(C)(CC)c1nc(NC(=O)c2c(OC)cccc2OC)n[nH]1. The van der Waals surface area contributed by atoms with E-state index < -0.39 is 0 Å². The number of rotatable bonds is 7. The summed E-state index contributed by atoms with van der Waals surface area (Å²) < 4.78 is 10.5. The number of carbonyl (C=O) groups excluding carboxylic acids is 1. The van der Waals surface area contributed by atoms with E-state index >= 15 is 0 Å². The van der Waals surface area contributed by atoms with Crippen LogP contribution in [0.3, 0.4) is 0 Å². The second-order valence-electron chi connectivity index (χ2n) is 5.77. The number of aromatic nitrogens is 3. The third-order valence-corrected chi connectivity index (χ3v) is 4.50. The van der Waals surface area contributed by atoms with Gasteiger partial charge < -0.3 is 9.47 Å². The fourth-order valence-electron chi connectivity index (χ4n) is 2.41. The lowest BCUT2D eigenvalue weighted by molar-refractivity contribution is 0.102. The first kappa shape index (κ1) is 17.8. The lowest BCUT2D eigenvalue weighted by Crippen LogP contribution is -2.21. The van der Waals surface area contributed by atoms with Crippen LogP contribution in [0.4, 0.5) is 5.95 Å². The fourth-order valence-corrected chi connectivity index (χ4v) is 2.41. The van der Waals surface area contributed by atoms with Crippen LogP contribution in [0.25, 0.3) is 0 Å². The first-order chi connectivity index (χ1) is 11.5. The smallest absolute Gasteiger partial charge is 0.265 e. The molecule has 0 fully saturated rings. The quantitative estimate of drug-likeness (QED) is 0.813. The molecule has 0 aliphatic carbocycles. The summed E-state index contributed by atoms with van der Waals surface area (Å²) in [4.78, 5) is 17.0. The fraction of sp³-hybridized carbons (Fsp3) is 0.471. The molecule has 1 aromatic heterocycles. The molecule has 0 unspecified atom stereocenters. The maximum atomic E-state index is 12.6. The summed E-state index contributed by atoms with van der Waals surface area (Å²) in [6, 6.07) is 5.16. The van der Waals surface area contributed by atoms with E-state index in [2.05, 4.69) is 41.3 Å². The van der Waals surface area contributed by atoms with Gasteiger partial charge in [0.05, 0.1) is 14.2 Å². The molecule has 2 N–H and O–H groups in total. The van der Waals surface area contributed by atoms with Crippen LogP contribution in [0.2, 0.25) is 0 Å². The molecule has 130 valence electrons. The third-order valence-electron chi connectivity index (χ3n) is 4.50. The highest BCUT2D eigenvalue weighted by Crippen LogP contribution is 2.30. The van der Waals surface area contributed by atoms with Gasteiger partial charge in [0.15, 0.2) is 0 Å². The Labute approximate surface area is 141 Å². The molecule has 0 atom stereocenters.